The van der Waals surface area contributed by atoms with Crippen molar-refractivity contribution in [2.45, 2.75) is 19.5 Å². The molecule has 0 radical (unpaired) electrons. The lowest BCUT2D eigenvalue weighted by Crippen LogP contribution is -2.40. The normalized spacial score (nSPS) is 13.1. The number of anilines is 2. The van der Waals surface area contributed by atoms with Gasteiger partial charge in [0.2, 0.25) is 5.95 Å². The average molecular weight is 514 g/mol. The zero-order valence-electron chi connectivity index (χ0n) is 20.2. The van der Waals surface area contributed by atoms with Gasteiger partial charge in [-0.3, -0.25) is 13.9 Å². The van der Waals surface area contributed by atoms with Gasteiger partial charge in [-0.15, -0.1) is 0 Å². The molecule has 0 amide bonds. The van der Waals surface area contributed by atoms with Crippen molar-refractivity contribution < 1.29 is 4.74 Å². The fraction of sp³-hybridized carbons (Fsp3) is 0.179. The third-order valence-corrected chi connectivity index (χ3v) is 7.00. The molecule has 5 aromatic rings. The van der Waals surface area contributed by atoms with Gasteiger partial charge in [0.15, 0.2) is 11.2 Å². The molecule has 3 heterocycles. The molecule has 0 saturated heterocycles. The first-order chi connectivity index (χ1) is 18.0. The maximum absolute atomic E-state index is 13.6. The van der Waals surface area contributed by atoms with Gasteiger partial charge in [0.1, 0.15) is 11.5 Å². The maximum atomic E-state index is 13.6. The summed E-state index contributed by atoms with van der Waals surface area (Å²) in [6, 6.07) is 24.6. The van der Waals surface area contributed by atoms with Gasteiger partial charge in [0, 0.05) is 30.8 Å². The minimum atomic E-state index is -0.429. The Kier molecular flexibility index (Phi) is 5.81. The number of aromatic nitrogens is 4. The van der Waals surface area contributed by atoms with Crippen LogP contribution in [0.25, 0.3) is 11.2 Å². The van der Waals surface area contributed by atoms with Gasteiger partial charge >= 0.3 is 5.69 Å². The molecule has 186 valence electrons. The van der Waals surface area contributed by atoms with Gasteiger partial charge in [0.25, 0.3) is 5.56 Å². The smallest absolute Gasteiger partial charge is 0.332 e. The predicted octanol–water partition coefficient (Wildman–Crippen LogP) is 4.93. The molecule has 0 unspecified atom stereocenters. The lowest BCUT2D eigenvalue weighted by atomic mass is 10.2. The van der Waals surface area contributed by atoms with Crippen LogP contribution in [0.15, 0.2) is 88.5 Å². The van der Waals surface area contributed by atoms with Crippen LogP contribution in [0, 0.1) is 0 Å². The molecule has 0 bridgehead atoms. The molecule has 0 spiro atoms. The Morgan fingerprint density at radius 2 is 1.59 bits per heavy atom. The fourth-order valence-electron chi connectivity index (χ4n) is 4.76. The van der Waals surface area contributed by atoms with E-state index in [9.17, 15) is 9.59 Å². The van der Waals surface area contributed by atoms with Gasteiger partial charge in [-0.25, -0.2) is 4.79 Å². The van der Waals surface area contributed by atoms with Crippen LogP contribution in [-0.4, -0.2) is 25.2 Å². The average Bonchev–Trinajstić information content (AvgIpc) is 3.32. The van der Waals surface area contributed by atoms with E-state index in [0.717, 1.165) is 30.2 Å². The molecular formula is C28H24ClN5O3. The number of benzene rings is 3. The van der Waals surface area contributed by atoms with E-state index < -0.39 is 5.69 Å². The van der Waals surface area contributed by atoms with Crippen LogP contribution in [0.2, 0.25) is 5.02 Å². The van der Waals surface area contributed by atoms with Crippen molar-refractivity contribution in [2.24, 2.45) is 7.05 Å². The Bertz CT molecular complexity index is 1720. The number of halogens is 1. The first-order valence-corrected chi connectivity index (χ1v) is 12.4. The van der Waals surface area contributed by atoms with E-state index in [-0.39, 0.29) is 12.1 Å². The minimum absolute atomic E-state index is 0.0915. The third kappa shape index (κ3) is 4.09. The Morgan fingerprint density at radius 3 is 2.35 bits per heavy atom. The molecule has 0 aliphatic carbocycles. The first kappa shape index (κ1) is 23.1. The van der Waals surface area contributed by atoms with Crippen LogP contribution in [0.3, 0.4) is 0 Å². The Morgan fingerprint density at radius 1 is 0.892 bits per heavy atom. The second kappa shape index (κ2) is 9.29. The highest BCUT2D eigenvalue weighted by Gasteiger charge is 2.27. The van der Waals surface area contributed by atoms with Crippen molar-refractivity contribution in [1.82, 2.24) is 18.7 Å². The molecule has 0 N–H and O–H groups in total. The quantitative estimate of drug-likeness (QED) is 0.333. The molecule has 8 nitrogen and oxygen atoms in total. The molecule has 2 aromatic heterocycles. The highest BCUT2D eigenvalue weighted by atomic mass is 35.5. The third-order valence-electron chi connectivity index (χ3n) is 6.63. The lowest BCUT2D eigenvalue weighted by Gasteiger charge is -2.29. The molecule has 0 atom stereocenters. The molecule has 0 saturated carbocycles. The van der Waals surface area contributed by atoms with Crippen molar-refractivity contribution in [3.8, 4) is 11.5 Å². The van der Waals surface area contributed by atoms with Crippen LogP contribution in [0.5, 0.6) is 11.5 Å². The number of fused-ring (bicyclic) bond motifs is 3. The second-order valence-corrected chi connectivity index (χ2v) is 9.38. The molecule has 0 fully saturated rings. The van der Waals surface area contributed by atoms with Gasteiger partial charge < -0.3 is 14.2 Å². The van der Waals surface area contributed by atoms with E-state index >= 15 is 0 Å². The summed E-state index contributed by atoms with van der Waals surface area (Å²) < 4.78 is 10.5. The predicted molar refractivity (Wildman–Crippen MR) is 144 cm³/mol. The van der Waals surface area contributed by atoms with Crippen molar-refractivity contribution in [1.29, 1.82) is 0 Å². The summed E-state index contributed by atoms with van der Waals surface area (Å²) in [5, 5.41) is 0.512. The minimum Gasteiger partial charge on any atom is -0.457 e. The van der Waals surface area contributed by atoms with E-state index in [0.29, 0.717) is 34.2 Å². The molecule has 1 aliphatic rings. The number of ether oxygens (including phenoxy) is 1. The lowest BCUT2D eigenvalue weighted by molar-refractivity contribution is 0.482. The maximum Gasteiger partial charge on any atom is 0.332 e. The molecule has 1 aliphatic heterocycles. The van der Waals surface area contributed by atoms with E-state index in [2.05, 4.69) is 4.90 Å². The summed E-state index contributed by atoms with van der Waals surface area (Å²) in [6.07, 6.45) is 0.827. The van der Waals surface area contributed by atoms with Crippen LogP contribution in [0.4, 0.5) is 11.6 Å². The van der Waals surface area contributed by atoms with Crippen LogP contribution in [-0.2, 0) is 20.1 Å². The number of nitrogens with zero attached hydrogens (tertiary/aromatic N) is 5. The Balaban J connectivity index is 1.40. The summed E-state index contributed by atoms with van der Waals surface area (Å²) >= 11 is 6.32. The topological polar surface area (TPSA) is 74.3 Å². The van der Waals surface area contributed by atoms with Crippen molar-refractivity contribution in [3.05, 3.63) is 110 Å². The van der Waals surface area contributed by atoms with E-state index in [1.165, 1.54) is 9.13 Å². The molecule has 9 heteroatoms. The summed E-state index contributed by atoms with van der Waals surface area (Å²) in [5.41, 5.74) is 1.62. The summed E-state index contributed by atoms with van der Waals surface area (Å²) in [7, 11) is 1.65. The second-order valence-electron chi connectivity index (χ2n) is 8.97. The molecule has 3 aromatic carbocycles. The van der Waals surface area contributed by atoms with Crippen molar-refractivity contribution in [3.63, 3.8) is 0 Å². The molecule has 37 heavy (non-hydrogen) atoms. The number of aryl methyl sites for hydroxylation is 2. The van der Waals surface area contributed by atoms with Crippen molar-refractivity contribution in [2.75, 3.05) is 11.4 Å². The fourth-order valence-corrected chi connectivity index (χ4v) is 4.96. The summed E-state index contributed by atoms with van der Waals surface area (Å²) in [4.78, 5) is 33.6. The zero-order valence-corrected chi connectivity index (χ0v) is 20.9. The number of hydrogen-bond donors (Lipinski definition) is 0. The monoisotopic (exact) mass is 513 g/mol. The standard InChI is InChI=1S/C28H24ClN5O3/c1-31-25-24(26(35)34(28(31)36)18-19-8-5-6-11-23(19)29)33-17-7-16-32(27(33)30-25)20-12-14-22(15-13-20)37-21-9-3-2-4-10-21/h2-6,8-15H,7,16-18H2,1H3. The van der Waals surface area contributed by atoms with Gasteiger partial charge in [0.05, 0.1) is 6.54 Å². The van der Waals surface area contributed by atoms with Crippen LogP contribution >= 0.6 is 11.6 Å². The Labute approximate surface area is 217 Å². The molecule has 6 rings (SSSR count). The van der Waals surface area contributed by atoms with Crippen LogP contribution < -0.4 is 20.9 Å². The number of hydrogen-bond acceptors (Lipinski definition) is 5. The van der Waals surface area contributed by atoms with E-state index in [1.54, 1.807) is 13.1 Å². The number of imidazole rings is 1. The van der Waals surface area contributed by atoms with Crippen LogP contribution in [0.1, 0.15) is 12.0 Å². The summed E-state index contributed by atoms with van der Waals surface area (Å²) in [6.45, 7) is 1.47. The summed E-state index contributed by atoms with van der Waals surface area (Å²) in [5.74, 6) is 2.13. The van der Waals surface area contributed by atoms with Gasteiger partial charge in [-0.1, -0.05) is 48.0 Å². The first-order valence-electron chi connectivity index (χ1n) is 12.1. The Hall–Kier alpha value is -4.30. The molecular weight excluding hydrogens is 490 g/mol. The van der Waals surface area contributed by atoms with Gasteiger partial charge in [-0.05, 0) is 54.4 Å². The van der Waals surface area contributed by atoms with E-state index in [1.807, 2.05) is 77.4 Å². The number of rotatable bonds is 5. The van der Waals surface area contributed by atoms with Gasteiger partial charge in [-0.2, -0.15) is 4.98 Å². The highest BCUT2D eigenvalue weighted by Crippen LogP contribution is 2.32. The SMILES string of the molecule is Cn1c(=O)n(Cc2ccccc2Cl)c(=O)c2c1nc1n2CCCN1c1ccc(Oc2ccccc2)cc1. The van der Waals surface area contributed by atoms with Crippen molar-refractivity contribution >= 4 is 34.4 Å². The zero-order chi connectivity index (χ0) is 25.5. The van der Waals surface area contributed by atoms with E-state index in [4.69, 9.17) is 21.3 Å². The highest BCUT2D eigenvalue weighted by molar-refractivity contribution is 6.31. The number of para-hydroxylation sites is 1. The largest absolute Gasteiger partial charge is 0.457 e.